The average Bonchev–Trinajstić information content (AvgIpc) is 2.96. The van der Waals surface area contributed by atoms with Crippen molar-refractivity contribution in [2.24, 2.45) is 5.41 Å². The number of carboxylic acid groups (broad SMARTS) is 1. The molecule has 0 spiro atoms. The Labute approximate surface area is 123 Å². The number of allylic oxidation sites excluding steroid dienone is 2. The van der Waals surface area contributed by atoms with Crippen LogP contribution in [-0.4, -0.2) is 30.7 Å². The van der Waals surface area contributed by atoms with E-state index in [9.17, 15) is 9.59 Å². The molecule has 0 saturated heterocycles. The fourth-order valence-electron chi connectivity index (χ4n) is 2.56. The highest BCUT2D eigenvalue weighted by Gasteiger charge is 2.39. The SMILES string of the molecule is COC(=O)C1(CNCc2cccc(C(=O)O)c2)CC=CC1. The molecular formula is C16H19NO4. The van der Waals surface area contributed by atoms with Crippen molar-refractivity contribution in [1.82, 2.24) is 5.32 Å². The molecule has 0 atom stereocenters. The first-order chi connectivity index (χ1) is 10.1. The second-order valence-corrected chi connectivity index (χ2v) is 5.26. The highest BCUT2D eigenvalue weighted by Crippen LogP contribution is 2.33. The molecule has 1 aromatic rings. The van der Waals surface area contributed by atoms with Crippen molar-refractivity contribution >= 4 is 11.9 Å². The van der Waals surface area contributed by atoms with Crippen LogP contribution in [0.3, 0.4) is 0 Å². The number of carboxylic acids is 1. The number of carbonyl (C=O) groups is 2. The van der Waals surface area contributed by atoms with Crippen molar-refractivity contribution in [2.75, 3.05) is 13.7 Å². The van der Waals surface area contributed by atoms with E-state index in [2.05, 4.69) is 5.32 Å². The second-order valence-electron chi connectivity index (χ2n) is 5.26. The summed E-state index contributed by atoms with van der Waals surface area (Å²) in [6, 6.07) is 6.76. The van der Waals surface area contributed by atoms with Crippen LogP contribution in [0.1, 0.15) is 28.8 Å². The molecule has 0 unspecified atom stereocenters. The molecule has 5 nitrogen and oxygen atoms in total. The first kappa shape index (κ1) is 15.3. The molecule has 0 radical (unpaired) electrons. The third-order valence-corrected chi connectivity index (χ3v) is 3.77. The number of ether oxygens (including phenoxy) is 1. The first-order valence-corrected chi connectivity index (χ1v) is 6.84. The third-order valence-electron chi connectivity index (χ3n) is 3.77. The lowest BCUT2D eigenvalue weighted by Crippen LogP contribution is -2.39. The summed E-state index contributed by atoms with van der Waals surface area (Å²) < 4.78 is 4.89. The second kappa shape index (κ2) is 6.54. The molecule has 1 aliphatic carbocycles. The van der Waals surface area contributed by atoms with Crippen LogP contribution in [0.5, 0.6) is 0 Å². The van der Waals surface area contributed by atoms with Crippen LogP contribution < -0.4 is 5.32 Å². The monoisotopic (exact) mass is 289 g/mol. The minimum Gasteiger partial charge on any atom is -0.478 e. The molecule has 0 saturated carbocycles. The summed E-state index contributed by atoms with van der Waals surface area (Å²) in [6.07, 6.45) is 5.32. The number of aromatic carboxylic acids is 1. The maximum Gasteiger partial charge on any atom is 0.335 e. The number of hydrogen-bond acceptors (Lipinski definition) is 4. The van der Waals surface area contributed by atoms with Gasteiger partial charge in [-0.1, -0.05) is 24.3 Å². The van der Waals surface area contributed by atoms with Crippen LogP contribution >= 0.6 is 0 Å². The first-order valence-electron chi connectivity index (χ1n) is 6.84. The van der Waals surface area contributed by atoms with Gasteiger partial charge in [-0.15, -0.1) is 0 Å². The van der Waals surface area contributed by atoms with Gasteiger partial charge in [-0.25, -0.2) is 4.79 Å². The molecule has 0 fully saturated rings. The van der Waals surface area contributed by atoms with Crippen molar-refractivity contribution in [3.63, 3.8) is 0 Å². The van der Waals surface area contributed by atoms with E-state index in [0.717, 1.165) is 5.56 Å². The van der Waals surface area contributed by atoms with Crippen molar-refractivity contribution in [3.8, 4) is 0 Å². The minimum absolute atomic E-state index is 0.209. The summed E-state index contributed by atoms with van der Waals surface area (Å²) >= 11 is 0. The Morgan fingerprint density at radius 2 is 2.05 bits per heavy atom. The predicted molar refractivity (Wildman–Crippen MR) is 77.9 cm³/mol. The van der Waals surface area contributed by atoms with Crippen LogP contribution in [0.2, 0.25) is 0 Å². The maximum atomic E-state index is 11.9. The minimum atomic E-state index is -0.942. The Morgan fingerprint density at radius 3 is 2.67 bits per heavy atom. The van der Waals surface area contributed by atoms with Gasteiger partial charge in [0.15, 0.2) is 0 Å². The van der Waals surface area contributed by atoms with E-state index >= 15 is 0 Å². The number of carbonyl (C=O) groups excluding carboxylic acids is 1. The smallest absolute Gasteiger partial charge is 0.335 e. The molecule has 0 aromatic heterocycles. The van der Waals surface area contributed by atoms with E-state index in [1.54, 1.807) is 18.2 Å². The fourth-order valence-corrected chi connectivity index (χ4v) is 2.56. The number of esters is 1. The fraction of sp³-hybridized carbons (Fsp3) is 0.375. The van der Waals surface area contributed by atoms with Crippen LogP contribution in [-0.2, 0) is 16.1 Å². The van der Waals surface area contributed by atoms with E-state index in [1.807, 2.05) is 18.2 Å². The summed E-state index contributed by atoms with van der Waals surface area (Å²) in [5.74, 6) is -1.15. The molecule has 0 amide bonds. The average molecular weight is 289 g/mol. The molecule has 2 rings (SSSR count). The molecule has 21 heavy (non-hydrogen) atoms. The van der Waals surface area contributed by atoms with Crippen molar-refractivity contribution in [2.45, 2.75) is 19.4 Å². The molecule has 0 heterocycles. The standard InChI is InChI=1S/C16H19NO4/c1-21-15(20)16(7-2-3-8-16)11-17-10-12-5-4-6-13(9-12)14(18)19/h2-6,9,17H,7-8,10-11H2,1H3,(H,18,19). The Bertz CT molecular complexity index is 557. The summed E-state index contributed by atoms with van der Waals surface area (Å²) in [5.41, 5.74) is 0.611. The number of nitrogens with one attached hydrogen (secondary N) is 1. The Morgan fingerprint density at radius 1 is 1.33 bits per heavy atom. The Kier molecular flexibility index (Phi) is 4.75. The van der Waals surface area contributed by atoms with E-state index in [4.69, 9.17) is 9.84 Å². The maximum absolute atomic E-state index is 11.9. The molecule has 2 N–H and O–H groups in total. The summed E-state index contributed by atoms with van der Waals surface area (Å²) in [5, 5.41) is 12.2. The van der Waals surface area contributed by atoms with Crippen molar-refractivity contribution in [3.05, 3.63) is 47.5 Å². The molecule has 1 aliphatic rings. The van der Waals surface area contributed by atoms with Crippen molar-refractivity contribution in [1.29, 1.82) is 0 Å². The normalized spacial score (nSPS) is 15.9. The van der Waals surface area contributed by atoms with Gasteiger partial charge < -0.3 is 15.2 Å². The zero-order chi connectivity index (χ0) is 15.3. The summed E-state index contributed by atoms with van der Waals surface area (Å²) in [4.78, 5) is 22.9. The lowest BCUT2D eigenvalue weighted by atomic mass is 9.85. The number of hydrogen-bond donors (Lipinski definition) is 2. The van der Waals surface area contributed by atoms with Gasteiger partial charge >= 0.3 is 11.9 Å². The van der Waals surface area contributed by atoms with Gasteiger partial charge in [0.05, 0.1) is 18.1 Å². The van der Waals surface area contributed by atoms with Crippen LogP contribution in [0.4, 0.5) is 0 Å². The van der Waals surface area contributed by atoms with Crippen LogP contribution in [0.15, 0.2) is 36.4 Å². The topological polar surface area (TPSA) is 75.6 Å². The van der Waals surface area contributed by atoms with Gasteiger partial charge in [-0.2, -0.15) is 0 Å². The molecule has 0 aliphatic heterocycles. The zero-order valence-electron chi connectivity index (χ0n) is 12.0. The Balaban J connectivity index is 1.95. The lowest BCUT2D eigenvalue weighted by Gasteiger charge is -2.26. The number of methoxy groups -OCH3 is 1. The predicted octanol–water partition coefficient (Wildman–Crippen LogP) is 1.98. The molecule has 0 bridgehead atoms. The largest absolute Gasteiger partial charge is 0.478 e. The Hall–Kier alpha value is -2.14. The molecule has 5 heteroatoms. The van der Waals surface area contributed by atoms with Gasteiger partial charge in [0.2, 0.25) is 0 Å². The summed E-state index contributed by atoms with van der Waals surface area (Å²) in [7, 11) is 1.40. The highest BCUT2D eigenvalue weighted by molar-refractivity contribution is 5.87. The molecule has 112 valence electrons. The van der Waals surface area contributed by atoms with Gasteiger partial charge in [0.1, 0.15) is 0 Å². The quantitative estimate of drug-likeness (QED) is 0.618. The lowest BCUT2D eigenvalue weighted by molar-refractivity contribution is -0.151. The van der Waals surface area contributed by atoms with Crippen LogP contribution in [0, 0.1) is 5.41 Å². The molecule has 1 aromatic carbocycles. The third kappa shape index (κ3) is 3.49. The molecular weight excluding hydrogens is 270 g/mol. The van der Waals surface area contributed by atoms with Gasteiger partial charge in [0, 0.05) is 13.1 Å². The van der Waals surface area contributed by atoms with E-state index < -0.39 is 11.4 Å². The van der Waals surface area contributed by atoms with Gasteiger partial charge in [-0.3, -0.25) is 4.79 Å². The van der Waals surface area contributed by atoms with Gasteiger partial charge in [0.25, 0.3) is 0 Å². The highest BCUT2D eigenvalue weighted by atomic mass is 16.5. The zero-order valence-corrected chi connectivity index (χ0v) is 12.0. The number of rotatable bonds is 6. The number of benzene rings is 1. The van der Waals surface area contributed by atoms with Crippen molar-refractivity contribution < 1.29 is 19.4 Å². The van der Waals surface area contributed by atoms with E-state index in [-0.39, 0.29) is 11.5 Å². The van der Waals surface area contributed by atoms with Gasteiger partial charge in [-0.05, 0) is 30.5 Å². The van der Waals surface area contributed by atoms with E-state index in [0.29, 0.717) is 25.9 Å². The van der Waals surface area contributed by atoms with Crippen LogP contribution in [0.25, 0.3) is 0 Å². The van der Waals surface area contributed by atoms with E-state index in [1.165, 1.54) is 7.11 Å². The summed E-state index contributed by atoms with van der Waals surface area (Å²) in [6.45, 7) is 1.02.